The second kappa shape index (κ2) is 18.2. The predicted octanol–water partition coefficient (Wildman–Crippen LogP) is 4.55. The number of ether oxygens (including phenoxy) is 3. The van der Waals surface area contributed by atoms with Gasteiger partial charge in [0.2, 0.25) is 0 Å². The Hall–Kier alpha value is -2.66. The Bertz CT molecular complexity index is 1120. The van der Waals surface area contributed by atoms with E-state index in [-0.39, 0.29) is 5.97 Å². The largest absolute Gasteiger partial charge is 0.465 e. The van der Waals surface area contributed by atoms with E-state index in [0.29, 0.717) is 75.6 Å². The number of hydrogen-bond acceptors (Lipinski definition) is 9. The van der Waals surface area contributed by atoms with Crippen LogP contribution < -0.4 is 0 Å². The molecule has 43 heavy (non-hydrogen) atoms. The average Bonchev–Trinajstić information content (AvgIpc) is 3.26. The van der Waals surface area contributed by atoms with E-state index in [1.807, 2.05) is 10.9 Å². The number of rotatable bonds is 22. The zero-order valence-corrected chi connectivity index (χ0v) is 26.4. The predicted molar refractivity (Wildman–Crippen MR) is 161 cm³/mol. The molecular formula is C32H52N6O5. The van der Waals surface area contributed by atoms with Crippen LogP contribution in [0, 0.1) is 17.8 Å². The molecule has 2 aliphatic carbocycles. The van der Waals surface area contributed by atoms with Crippen molar-refractivity contribution in [3.05, 3.63) is 23.3 Å². The van der Waals surface area contributed by atoms with Gasteiger partial charge in [0.25, 0.3) is 0 Å². The summed E-state index contributed by atoms with van der Waals surface area (Å²) in [6.45, 7) is 6.13. The highest BCUT2D eigenvalue weighted by atomic mass is 16.5. The van der Waals surface area contributed by atoms with E-state index < -0.39 is 0 Å². The number of ketones is 1. The molecule has 0 spiro atoms. The minimum atomic E-state index is -0.129. The molecular weight excluding hydrogens is 548 g/mol. The molecule has 2 aromatic heterocycles. The molecule has 0 radical (unpaired) electrons. The standard InChI is InChI=1S/C32H52N6O5/c1-3-4-6-18-37-23-25(33-35-37)10-8-12-26(39)11-5-7-19-38-31-17-15-28-27(14-16-30(31)34-36-38)29(28)24-43-32(40)13-9-20-42-22-21-41-2/h23,27-29H,3-22,24H2,1-2H3. The summed E-state index contributed by atoms with van der Waals surface area (Å²) in [6, 6.07) is 0. The number of aromatic nitrogens is 6. The molecule has 0 bridgehead atoms. The molecule has 3 atom stereocenters. The van der Waals surface area contributed by atoms with Gasteiger partial charge in [-0.15, -0.1) is 10.2 Å². The number of carbonyl (C=O) groups is 2. The van der Waals surface area contributed by atoms with Crippen molar-refractivity contribution >= 4 is 11.8 Å². The average molecular weight is 601 g/mol. The Morgan fingerprint density at radius 2 is 1.70 bits per heavy atom. The number of methoxy groups -OCH3 is 1. The van der Waals surface area contributed by atoms with Crippen LogP contribution in [0.5, 0.6) is 0 Å². The molecule has 11 heteroatoms. The molecule has 0 amide bonds. The van der Waals surface area contributed by atoms with Gasteiger partial charge < -0.3 is 14.2 Å². The maximum absolute atomic E-state index is 12.4. The topological polar surface area (TPSA) is 123 Å². The molecule has 2 aliphatic rings. The molecule has 2 aromatic rings. The first-order valence-corrected chi connectivity index (χ1v) is 16.6. The van der Waals surface area contributed by atoms with Crippen LogP contribution in [0.25, 0.3) is 0 Å². The van der Waals surface area contributed by atoms with Crippen molar-refractivity contribution in [1.29, 1.82) is 0 Å². The molecule has 4 rings (SSSR count). The van der Waals surface area contributed by atoms with Gasteiger partial charge in [-0.05, 0) is 82.0 Å². The SMILES string of the molecule is CCCCCn1cc(CCCC(=O)CCCCn2nnc3c2CCC2C(CC3)C2COC(=O)CCCOCCOC)nn1. The summed E-state index contributed by atoms with van der Waals surface area (Å²) in [4.78, 5) is 24.6. The van der Waals surface area contributed by atoms with E-state index in [1.54, 1.807) is 7.11 Å². The molecule has 11 nitrogen and oxygen atoms in total. The molecule has 1 saturated carbocycles. The van der Waals surface area contributed by atoms with E-state index in [4.69, 9.17) is 14.2 Å². The van der Waals surface area contributed by atoms with Gasteiger partial charge in [0.05, 0.1) is 36.9 Å². The summed E-state index contributed by atoms with van der Waals surface area (Å²) >= 11 is 0. The van der Waals surface area contributed by atoms with Gasteiger partial charge in [-0.1, -0.05) is 30.2 Å². The Labute approximate surface area is 256 Å². The lowest BCUT2D eigenvalue weighted by molar-refractivity contribution is -0.144. The van der Waals surface area contributed by atoms with Crippen molar-refractivity contribution in [3.8, 4) is 0 Å². The number of hydrogen-bond donors (Lipinski definition) is 0. The summed E-state index contributed by atoms with van der Waals surface area (Å²) in [5, 5.41) is 17.4. The summed E-state index contributed by atoms with van der Waals surface area (Å²) < 4.78 is 20.0. The van der Waals surface area contributed by atoms with Crippen LogP contribution in [0.1, 0.15) is 101 Å². The summed E-state index contributed by atoms with van der Waals surface area (Å²) in [5.41, 5.74) is 3.35. The van der Waals surface area contributed by atoms with E-state index in [1.165, 1.54) is 18.5 Å². The van der Waals surface area contributed by atoms with Crippen molar-refractivity contribution in [2.45, 2.75) is 116 Å². The minimum Gasteiger partial charge on any atom is -0.465 e. The van der Waals surface area contributed by atoms with Gasteiger partial charge in [0.15, 0.2) is 0 Å². The van der Waals surface area contributed by atoms with E-state index in [9.17, 15) is 9.59 Å². The minimum absolute atomic E-state index is 0.129. The fourth-order valence-electron chi connectivity index (χ4n) is 6.34. The third-order valence-corrected chi connectivity index (χ3v) is 8.94. The van der Waals surface area contributed by atoms with E-state index >= 15 is 0 Å². The van der Waals surface area contributed by atoms with Gasteiger partial charge >= 0.3 is 5.97 Å². The Morgan fingerprint density at radius 3 is 2.53 bits per heavy atom. The van der Waals surface area contributed by atoms with Crippen molar-refractivity contribution in [2.24, 2.45) is 17.8 Å². The van der Waals surface area contributed by atoms with Gasteiger partial charge in [-0.25, -0.2) is 4.68 Å². The number of unbranched alkanes of at least 4 members (excludes halogenated alkanes) is 3. The van der Waals surface area contributed by atoms with E-state index in [2.05, 4.69) is 32.2 Å². The maximum atomic E-state index is 12.4. The number of aryl methyl sites for hydroxylation is 4. The van der Waals surface area contributed by atoms with Crippen LogP contribution in [0.2, 0.25) is 0 Å². The number of nitrogens with zero attached hydrogens (tertiary/aromatic N) is 6. The lowest BCUT2D eigenvalue weighted by Crippen LogP contribution is -2.10. The van der Waals surface area contributed by atoms with Crippen LogP contribution >= 0.6 is 0 Å². The van der Waals surface area contributed by atoms with Crippen LogP contribution in [0.15, 0.2) is 6.20 Å². The van der Waals surface area contributed by atoms with E-state index in [0.717, 1.165) is 82.3 Å². The molecule has 2 heterocycles. The lowest BCUT2D eigenvalue weighted by Gasteiger charge is -2.10. The maximum Gasteiger partial charge on any atom is 0.305 e. The second-order valence-corrected chi connectivity index (χ2v) is 12.2. The van der Waals surface area contributed by atoms with Gasteiger partial charge in [0, 0.05) is 52.3 Å². The zero-order chi connectivity index (χ0) is 30.3. The number of fused-ring (bicyclic) bond motifs is 2. The Balaban J connectivity index is 1.07. The number of carbonyl (C=O) groups excluding carboxylic acids is 2. The lowest BCUT2D eigenvalue weighted by atomic mass is 10.0. The highest BCUT2D eigenvalue weighted by Crippen LogP contribution is 2.53. The van der Waals surface area contributed by atoms with Crippen LogP contribution in [-0.2, 0) is 56.2 Å². The molecule has 0 aliphatic heterocycles. The molecule has 0 N–H and O–H groups in total. The first kappa shape index (κ1) is 33.2. The number of Topliss-reactive ketones (excluding diaryl/α,β-unsaturated/α-hetero) is 1. The first-order valence-electron chi connectivity index (χ1n) is 16.6. The Kier molecular flexibility index (Phi) is 14.1. The third-order valence-electron chi connectivity index (χ3n) is 8.94. The highest BCUT2D eigenvalue weighted by molar-refractivity contribution is 5.78. The quantitative estimate of drug-likeness (QED) is 0.141. The normalized spacial score (nSPS) is 19.3. The van der Waals surface area contributed by atoms with Crippen LogP contribution in [0.3, 0.4) is 0 Å². The highest BCUT2D eigenvalue weighted by Gasteiger charge is 2.50. The van der Waals surface area contributed by atoms with Crippen molar-refractivity contribution in [2.75, 3.05) is 33.5 Å². The molecule has 3 unspecified atom stereocenters. The smallest absolute Gasteiger partial charge is 0.305 e. The van der Waals surface area contributed by atoms with Gasteiger partial charge in [0.1, 0.15) is 5.78 Å². The monoisotopic (exact) mass is 600 g/mol. The second-order valence-electron chi connectivity index (χ2n) is 12.2. The summed E-state index contributed by atoms with van der Waals surface area (Å²) in [5.74, 6) is 1.90. The molecule has 0 saturated heterocycles. The van der Waals surface area contributed by atoms with Crippen LogP contribution in [0.4, 0.5) is 0 Å². The summed E-state index contributed by atoms with van der Waals surface area (Å²) in [6.07, 6.45) is 15.3. The van der Waals surface area contributed by atoms with Crippen molar-refractivity contribution < 1.29 is 23.8 Å². The molecule has 240 valence electrons. The Morgan fingerprint density at radius 1 is 0.884 bits per heavy atom. The first-order chi connectivity index (χ1) is 21.1. The van der Waals surface area contributed by atoms with Crippen LogP contribution in [-0.4, -0.2) is 75.3 Å². The third kappa shape index (κ3) is 11.1. The van der Waals surface area contributed by atoms with Gasteiger partial charge in [-0.2, -0.15) is 0 Å². The fraction of sp³-hybridized carbons (Fsp3) is 0.812. The fourth-order valence-corrected chi connectivity index (χ4v) is 6.34. The van der Waals surface area contributed by atoms with Crippen molar-refractivity contribution in [1.82, 2.24) is 30.0 Å². The van der Waals surface area contributed by atoms with Crippen molar-refractivity contribution in [3.63, 3.8) is 0 Å². The molecule has 0 aromatic carbocycles. The zero-order valence-electron chi connectivity index (χ0n) is 26.4. The number of esters is 1. The molecule has 1 fully saturated rings. The summed E-state index contributed by atoms with van der Waals surface area (Å²) in [7, 11) is 1.64. The van der Waals surface area contributed by atoms with Gasteiger partial charge in [-0.3, -0.25) is 14.3 Å².